The second-order valence-corrected chi connectivity index (χ2v) is 9.51. The molecule has 0 radical (unpaired) electrons. The van der Waals surface area contributed by atoms with Crippen molar-refractivity contribution in [3.63, 3.8) is 0 Å². The summed E-state index contributed by atoms with van der Waals surface area (Å²) in [7, 11) is 0. The Hall–Kier alpha value is -5.22. The Bertz CT molecular complexity index is 2010. The summed E-state index contributed by atoms with van der Waals surface area (Å²) in [5.41, 5.74) is 2.01. The summed E-state index contributed by atoms with van der Waals surface area (Å²) < 4.78 is 0. The maximum Gasteiger partial charge on any atom is 0.159 e. The van der Waals surface area contributed by atoms with Crippen LogP contribution in [0.4, 0.5) is 0 Å². The van der Waals surface area contributed by atoms with Crippen molar-refractivity contribution >= 4 is 53.9 Å². The Balaban J connectivity index is 1.64. The van der Waals surface area contributed by atoms with E-state index in [0.717, 1.165) is 22.8 Å². The molecule has 2 heterocycles. The van der Waals surface area contributed by atoms with E-state index < -0.39 is 0 Å². The zero-order valence-electron chi connectivity index (χ0n) is 20.3. The van der Waals surface area contributed by atoms with Gasteiger partial charge in [-0.2, -0.15) is 0 Å². The molecule has 0 aliphatic heterocycles. The molecule has 0 atom stereocenters. The van der Waals surface area contributed by atoms with E-state index in [1.807, 2.05) is 12.1 Å². The molecule has 8 rings (SSSR count). The SMILES string of the molecule is c1cnc(-c2ccc3c4ccc(-c5ncccn5)cc4c4c5ccccc5c5ccccc5c4c3c2)nc1. The van der Waals surface area contributed by atoms with Gasteiger partial charge >= 0.3 is 0 Å². The van der Waals surface area contributed by atoms with Crippen LogP contribution in [0.5, 0.6) is 0 Å². The van der Waals surface area contributed by atoms with Crippen LogP contribution in [0, 0.1) is 0 Å². The highest BCUT2D eigenvalue weighted by Gasteiger charge is 2.17. The lowest BCUT2D eigenvalue weighted by atomic mass is 9.86. The molecule has 2 aromatic heterocycles. The Kier molecular flexibility index (Phi) is 4.49. The van der Waals surface area contributed by atoms with Gasteiger partial charge in [-0.1, -0.05) is 72.8 Å². The summed E-state index contributed by atoms with van der Waals surface area (Å²) in [4.78, 5) is 18.1. The number of benzene rings is 6. The molecular formula is C34H20N4. The fourth-order valence-electron chi connectivity index (χ4n) is 5.85. The lowest BCUT2D eigenvalue weighted by molar-refractivity contribution is 1.18. The molecule has 0 bridgehead atoms. The first kappa shape index (κ1) is 20.9. The van der Waals surface area contributed by atoms with E-state index in [-0.39, 0.29) is 0 Å². The van der Waals surface area contributed by atoms with Crippen molar-refractivity contribution in [3.05, 3.63) is 122 Å². The molecule has 4 nitrogen and oxygen atoms in total. The molecule has 0 spiro atoms. The van der Waals surface area contributed by atoms with E-state index in [4.69, 9.17) is 0 Å². The normalized spacial score (nSPS) is 11.7. The summed E-state index contributed by atoms with van der Waals surface area (Å²) in [6.45, 7) is 0. The summed E-state index contributed by atoms with van der Waals surface area (Å²) in [6, 6.07) is 34.3. The standard InChI is InChI=1S/C34H20N4/c1-3-9-27-23(7-1)24-8-2-4-10-28(24)32-30-20-22(34-37-17-6-18-38-34)12-14-26(30)25-13-11-21(19-29(25)31(27)32)33-35-15-5-16-36-33/h1-20H. The van der Waals surface area contributed by atoms with Crippen molar-refractivity contribution in [3.8, 4) is 22.8 Å². The smallest absolute Gasteiger partial charge is 0.159 e. The number of rotatable bonds is 2. The van der Waals surface area contributed by atoms with Gasteiger partial charge in [-0.05, 0) is 78.1 Å². The van der Waals surface area contributed by atoms with Gasteiger partial charge in [-0.25, -0.2) is 19.9 Å². The van der Waals surface area contributed by atoms with E-state index in [9.17, 15) is 0 Å². The molecule has 0 aliphatic carbocycles. The highest BCUT2D eigenvalue weighted by molar-refractivity contribution is 6.39. The van der Waals surface area contributed by atoms with Gasteiger partial charge < -0.3 is 0 Å². The second kappa shape index (κ2) is 8.15. The maximum absolute atomic E-state index is 4.53. The number of hydrogen-bond donors (Lipinski definition) is 0. The molecule has 8 aromatic rings. The first-order valence-electron chi connectivity index (χ1n) is 12.6. The van der Waals surface area contributed by atoms with Gasteiger partial charge in [0, 0.05) is 35.9 Å². The molecule has 38 heavy (non-hydrogen) atoms. The minimum Gasteiger partial charge on any atom is -0.237 e. The molecule has 6 aromatic carbocycles. The van der Waals surface area contributed by atoms with Crippen LogP contribution in [0.3, 0.4) is 0 Å². The summed E-state index contributed by atoms with van der Waals surface area (Å²) >= 11 is 0. The molecule has 0 saturated heterocycles. The predicted octanol–water partition coefficient (Wildman–Crippen LogP) is 8.37. The van der Waals surface area contributed by atoms with Crippen molar-refractivity contribution in [1.29, 1.82) is 0 Å². The molecule has 0 aliphatic rings. The Morgan fingerprint density at radius 3 is 1.11 bits per heavy atom. The first-order chi connectivity index (χ1) is 18.9. The van der Waals surface area contributed by atoms with Crippen LogP contribution in [-0.2, 0) is 0 Å². The average molecular weight is 485 g/mol. The number of aromatic nitrogens is 4. The highest BCUT2D eigenvalue weighted by atomic mass is 14.9. The van der Waals surface area contributed by atoms with Crippen LogP contribution < -0.4 is 0 Å². The lowest BCUT2D eigenvalue weighted by Crippen LogP contribution is -1.92. The molecular weight excluding hydrogens is 464 g/mol. The van der Waals surface area contributed by atoms with Gasteiger partial charge in [0.05, 0.1) is 0 Å². The number of hydrogen-bond acceptors (Lipinski definition) is 4. The Morgan fingerprint density at radius 2 is 0.684 bits per heavy atom. The van der Waals surface area contributed by atoms with E-state index in [1.165, 1.54) is 53.9 Å². The molecule has 4 heteroatoms. The zero-order valence-corrected chi connectivity index (χ0v) is 20.3. The number of fused-ring (bicyclic) bond motifs is 11. The van der Waals surface area contributed by atoms with Crippen molar-refractivity contribution in [1.82, 2.24) is 19.9 Å². The minimum absolute atomic E-state index is 0.726. The van der Waals surface area contributed by atoms with Crippen LogP contribution in [0.1, 0.15) is 0 Å². The zero-order chi connectivity index (χ0) is 25.1. The van der Waals surface area contributed by atoms with Crippen LogP contribution >= 0.6 is 0 Å². The Morgan fingerprint density at radius 1 is 0.316 bits per heavy atom. The van der Waals surface area contributed by atoms with Crippen molar-refractivity contribution < 1.29 is 0 Å². The molecule has 0 fully saturated rings. The van der Waals surface area contributed by atoms with Crippen LogP contribution in [0.15, 0.2) is 122 Å². The van der Waals surface area contributed by atoms with E-state index in [0.29, 0.717) is 0 Å². The average Bonchev–Trinajstić information content (AvgIpc) is 3.01. The summed E-state index contributed by atoms with van der Waals surface area (Å²) in [5, 5.41) is 12.3. The lowest BCUT2D eigenvalue weighted by Gasteiger charge is -2.17. The molecule has 176 valence electrons. The van der Waals surface area contributed by atoms with Gasteiger partial charge in [-0.3, -0.25) is 0 Å². The first-order valence-corrected chi connectivity index (χ1v) is 12.6. The summed E-state index contributed by atoms with van der Waals surface area (Å²) in [6.07, 6.45) is 7.17. The van der Waals surface area contributed by atoms with Crippen molar-refractivity contribution in [2.24, 2.45) is 0 Å². The van der Waals surface area contributed by atoms with Crippen molar-refractivity contribution in [2.45, 2.75) is 0 Å². The molecule has 0 saturated carbocycles. The summed E-state index contributed by atoms with van der Waals surface area (Å²) in [5.74, 6) is 1.45. The Labute approximate surface area is 218 Å². The van der Waals surface area contributed by atoms with Gasteiger partial charge in [-0.15, -0.1) is 0 Å². The number of nitrogens with zero attached hydrogens (tertiary/aromatic N) is 4. The van der Waals surface area contributed by atoms with Gasteiger partial charge in [0.1, 0.15) is 0 Å². The van der Waals surface area contributed by atoms with E-state index >= 15 is 0 Å². The van der Waals surface area contributed by atoms with Crippen LogP contribution in [0.25, 0.3) is 76.6 Å². The van der Waals surface area contributed by atoms with Gasteiger partial charge in [0.15, 0.2) is 11.6 Å². The third-order valence-electron chi connectivity index (χ3n) is 7.45. The van der Waals surface area contributed by atoms with Crippen molar-refractivity contribution in [2.75, 3.05) is 0 Å². The van der Waals surface area contributed by atoms with E-state index in [1.54, 1.807) is 24.8 Å². The predicted molar refractivity (Wildman–Crippen MR) is 156 cm³/mol. The van der Waals surface area contributed by atoms with Gasteiger partial charge in [0.25, 0.3) is 0 Å². The minimum atomic E-state index is 0.726. The third-order valence-corrected chi connectivity index (χ3v) is 7.45. The fourth-order valence-corrected chi connectivity index (χ4v) is 5.85. The topological polar surface area (TPSA) is 51.6 Å². The maximum atomic E-state index is 4.53. The van der Waals surface area contributed by atoms with E-state index in [2.05, 4.69) is 105 Å². The molecule has 0 N–H and O–H groups in total. The largest absolute Gasteiger partial charge is 0.237 e. The van der Waals surface area contributed by atoms with Crippen LogP contribution in [0.2, 0.25) is 0 Å². The highest BCUT2D eigenvalue weighted by Crippen LogP contribution is 2.45. The third kappa shape index (κ3) is 3.04. The molecule has 0 unspecified atom stereocenters. The van der Waals surface area contributed by atoms with Gasteiger partial charge in [0.2, 0.25) is 0 Å². The monoisotopic (exact) mass is 484 g/mol. The molecule has 0 amide bonds. The quantitative estimate of drug-likeness (QED) is 0.231. The van der Waals surface area contributed by atoms with Crippen LogP contribution in [-0.4, -0.2) is 19.9 Å². The fraction of sp³-hybridized carbons (Fsp3) is 0. The second-order valence-electron chi connectivity index (χ2n) is 9.51.